The maximum atomic E-state index is 3.46. The molecule has 2 rings (SSSR count). The molecule has 2 saturated heterocycles. The Kier molecular flexibility index (Phi) is 4.04. The molecule has 2 atom stereocenters. The zero-order valence-electron chi connectivity index (χ0n) is 10.3. The van der Waals surface area contributed by atoms with Crippen LogP contribution in [0.3, 0.4) is 0 Å². The van der Waals surface area contributed by atoms with Crippen molar-refractivity contribution in [2.45, 2.75) is 45.1 Å². The van der Waals surface area contributed by atoms with E-state index in [1.54, 1.807) is 0 Å². The molecule has 0 aromatic heterocycles. The van der Waals surface area contributed by atoms with Gasteiger partial charge in [-0.2, -0.15) is 0 Å². The molecule has 2 heteroatoms. The van der Waals surface area contributed by atoms with Gasteiger partial charge in [-0.25, -0.2) is 0 Å². The summed E-state index contributed by atoms with van der Waals surface area (Å²) in [7, 11) is 2.30. The third kappa shape index (κ3) is 2.94. The van der Waals surface area contributed by atoms with E-state index in [1.165, 1.54) is 51.7 Å². The first kappa shape index (κ1) is 11.4. The Bertz CT molecular complexity index is 187. The van der Waals surface area contributed by atoms with Crippen LogP contribution in [0.4, 0.5) is 0 Å². The number of nitrogens with one attached hydrogen (secondary N) is 1. The van der Waals surface area contributed by atoms with Crippen LogP contribution >= 0.6 is 0 Å². The smallest absolute Gasteiger partial charge is 0.0118 e. The molecule has 2 fully saturated rings. The molecule has 0 bridgehead atoms. The molecule has 0 aliphatic carbocycles. The third-order valence-corrected chi connectivity index (χ3v) is 4.40. The zero-order valence-corrected chi connectivity index (χ0v) is 10.3. The molecule has 0 spiro atoms. The van der Waals surface area contributed by atoms with Gasteiger partial charge >= 0.3 is 0 Å². The van der Waals surface area contributed by atoms with Crippen LogP contribution in [-0.2, 0) is 0 Å². The van der Waals surface area contributed by atoms with Gasteiger partial charge in [0.05, 0.1) is 0 Å². The molecule has 0 aromatic rings. The van der Waals surface area contributed by atoms with Crippen molar-refractivity contribution >= 4 is 0 Å². The van der Waals surface area contributed by atoms with E-state index in [9.17, 15) is 0 Å². The number of rotatable bonds is 3. The second-order valence-corrected chi connectivity index (χ2v) is 5.60. The maximum Gasteiger partial charge on any atom is 0.0118 e. The van der Waals surface area contributed by atoms with Crippen molar-refractivity contribution in [3.05, 3.63) is 0 Å². The van der Waals surface area contributed by atoms with E-state index in [0.29, 0.717) is 0 Å². The largest absolute Gasteiger partial charge is 0.317 e. The number of likely N-dealkylation sites (tertiary alicyclic amines) is 1. The fourth-order valence-electron chi connectivity index (χ4n) is 3.46. The zero-order chi connectivity index (χ0) is 10.7. The van der Waals surface area contributed by atoms with E-state index in [2.05, 4.69) is 24.2 Å². The quantitative estimate of drug-likeness (QED) is 0.767. The van der Waals surface area contributed by atoms with Crippen LogP contribution < -0.4 is 5.32 Å². The van der Waals surface area contributed by atoms with Crippen LogP contribution in [0.5, 0.6) is 0 Å². The minimum atomic E-state index is 0.875. The lowest BCUT2D eigenvalue weighted by Crippen LogP contribution is -2.34. The second-order valence-electron chi connectivity index (χ2n) is 5.60. The number of piperidine rings is 1. The monoisotopic (exact) mass is 210 g/mol. The third-order valence-electron chi connectivity index (χ3n) is 4.40. The Morgan fingerprint density at radius 1 is 1.27 bits per heavy atom. The SMILES string of the molecule is CC(CC1CCNCC1)C1CCCN1C. The van der Waals surface area contributed by atoms with Crippen molar-refractivity contribution in [3.8, 4) is 0 Å². The summed E-state index contributed by atoms with van der Waals surface area (Å²) in [4.78, 5) is 2.58. The molecule has 2 nitrogen and oxygen atoms in total. The van der Waals surface area contributed by atoms with Gasteiger partial charge in [-0.15, -0.1) is 0 Å². The lowest BCUT2D eigenvalue weighted by molar-refractivity contribution is 0.196. The summed E-state index contributed by atoms with van der Waals surface area (Å²) in [6, 6.07) is 0.875. The molecule has 0 saturated carbocycles. The van der Waals surface area contributed by atoms with Crippen LogP contribution in [0.15, 0.2) is 0 Å². The van der Waals surface area contributed by atoms with Gasteiger partial charge < -0.3 is 10.2 Å². The average molecular weight is 210 g/mol. The summed E-state index contributed by atoms with van der Waals surface area (Å²) in [5.74, 6) is 1.90. The molecule has 0 amide bonds. The predicted octanol–water partition coefficient (Wildman–Crippen LogP) is 2.11. The molecule has 2 heterocycles. The highest BCUT2D eigenvalue weighted by Crippen LogP contribution is 2.29. The second kappa shape index (κ2) is 5.31. The first-order chi connectivity index (χ1) is 7.27. The minimum Gasteiger partial charge on any atom is -0.317 e. The topological polar surface area (TPSA) is 15.3 Å². The van der Waals surface area contributed by atoms with Gasteiger partial charge in [-0.05, 0) is 70.6 Å². The molecular formula is C13H26N2. The number of hydrogen-bond donors (Lipinski definition) is 1. The molecule has 1 N–H and O–H groups in total. The Morgan fingerprint density at radius 2 is 2.00 bits per heavy atom. The van der Waals surface area contributed by atoms with Gasteiger partial charge in [-0.3, -0.25) is 0 Å². The molecule has 2 aliphatic rings. The van der Waals surface area contributed by atoms with Crippen molar-refractivity contribution in [3.63, 3.8) is 0 Å². The minimum absolute atomic E-state index is 0.875. The first-order valence-corrected chi connectivity index (χ1v) is 6.68. The van der Waals surface area contributed by atoms with Crippen molar-refractivity contribution in [2.75, 3.05) is 26.7 Å². The molecule has 2 aliphatic heterocycles. The van der Waals surface area contributed by atoms with Gasteiger partial charge in [0.2, 0.25) is 0 Å². The van der Waals surface area contributed by atoms with Crippen LogP contribution in [0.2, 0.25) is 0 Å². The van der Waals surface area contributed by atoms with Crippen molar-refractivity contribution in [2.24, 2.45) is 11.8 Å². The summed E-state index contributed by atoms with van der Waals surface area (Å²) >= 11 is 0. The highest BCUT2D eigenvalue weighted by Gasteiger charge is 2.28. The fourth-order valence-corrected chi connectivity index (χ4v) is 3.46. The first-order valence-electron chi connectivity index (χ1n) is 6.68. The van der Waals surface area contributed by atoms with Crippen LogP contribution in [0, 0.1) is 11.8 Å². The summed E-state index contributed by atoms with van der Waals surface area (Å²) < 4.78 is 0. The molecule has 2 unspecified atom stereocenters. The number of nitrogens with zero attached hydrogens (tertiary/aromatic N) is 1. The van der Waals surface area contributed by atoms with Gasteiger partial charge in [0.1, 0.15) is 0 Å². The van der Waals surface area contributed by atoms with E-state index in [1.807, 2.05) is 0 Å². The lowest BCUT2D eigenvalue weighted by atomic mass is 9.84. The highest BCUT2D eigenvalue weighted by atomic mass is 15.1. The fraction of sp³-hybridized carbons (Fsp3) is 1.00. The standard InChI is InChI=1S/C13H26N2/c1-11(13-4-3-9-15(13)2)10-12-5-7-14-8-6-12/h11-14H,3-10H2,1-2H3. The molecule has 88 valence electrons. The number of hydrogen-bond acceptors (Lipinski definition) is 2. The van der Waals surface area contributed by atoms with Crippen molar-refractivity contribution < 1.29 is 0 Å². The van der Waals surface area contributed by atoms with E-state index < -0.39 is 0 Å². The van der Waals surface area contributed by atoms with Gasteiger partial charge in [0.15, 0.2) is 0 Å². The van der Waals surface area contributed by atoms with Crippen molar-refractivity contribution in [1.29, 1.82) is 0 Å². The Labute approximate surface area is 94.4 Å². The van der Waals surface area contributed by atoms with Gasteiger partial charge in [-0.1, -0.05) is 6.92 Å². The summed E-state index contributed by atoms with van der Waals surface area (Å²) in [5.41, 5.74) is 0. The summed E-state index contributed by atoms with van der Waals surface area (Å²) in [6.07, 6.45) is 7.11. The van der Waals surface area contributed by atoms with E-state index in [-0.39, 0.29) is 0 Å². The Hall–Kier alpha value is -0.0800. The van der Waals surface area contributed by atoms with Crippen LogP contribution in [-0.4, -0.2) is 37.6 Å². The maximum absolute atomic E-state index is 3.46. The van der Waals surface area contributed by atoms with Crippen LogP contribution in [0.25, 0.3) is 0 Å². The van der Waals surface area contributed by atoms with Gasteiger partial charge in [0.25, 0.3) is 0 Å². The molecule has 0 aromatic carbocycles. The normalized spacial score (nSPS) is 32.0. The molecule has 0 radical (unpaired) electrons. The Balaban J connectivity index is 1.77. The highest BCUT2D eigenvalue weighted by molar-refractivity contribution is 4.83. The molecular weight excluding hydrogens is 184 g/mol. The summed E-state index contributed by atoms with van der Waals surface area (Å²) in [5, 5.41) is 3.46. The van der Waals surface area contributed by atoms with Crippen LogP contribution in [0.1, 0.15) is 39.0 Å². The van der Waals surface area contributed by atoms with E-state index in [4.69, 9.17) is 0 Å². The molecule has 15 heavy (non-hydrogen) atoms. The average Bonchev–Trinajstić information content (AvgIpc) is 2.66. The van der Waals surface area contributed by atoms with E-state index in [0.717, 1.165) is 17.9 Å². The Morgan fingerprint density at radius 3 is 2.60 bits per heavy atom. The van der Waals surface area contributed by atoms with Gasteiger partial charge in [0, 0.05) is 6.04 Å². The lowest BCUT2D eigenvalue weighted by Gasteiger charge is -2.31. The predicted molar refractivity (Wildman–Crippen MR) is 65.0 cm³/mol. The van der Waals surface area contributed by atoms with Crippen molar-refractivity contribution in [1.82, 2.24) is 10.2 Å². The summed E-state index contributed by atoms with van der Waals surface area (Å²) in [6.45, 7) is 6.28. The van der Waals surface area contributed by atoms with E-state index >= 15 is 0 Å².